The molecule has 108 valence electrons. The van der Waals surface area contributed by atoms with E-state index in [0.717, 1.165) is 16.2 Å². The minimum atomic E-state index is -0.720. The molecule has 0 aliphatic heterocycles. The van der Waals surface area contributed by atoms with E-state index in [-0.39, 0.29) is 0 Å². The Morgan fingerprint density at radius 1 is 1.20 bits per heavy atom. The number of benzene rings is 1. The zero-order chi connectivity index (χ0) is 14.4. The fourth-order valence-corrected chi connectivity index (χ4v) is 2.67. The highest BCUT2D eigenvalue weighted by molar-refractivity contribution is 7.10. The van der Waals surface area contributed by atoms with Gasteiger partial charge in [0.1, 0.15) is 24.2 Å². The Morgan fingerprint density at radius 2 is 2.00 bits per heavy atom. The van der Waals surface area contributed by atoms with E-state index in [0.29, 0.717) is 19.0 Å². The Morgan fingerprint density at radius 3 is 2.70 bits per heavy atom. The van der Waals surface area contributed by atoms with Gasteiger partial charge in [0, 0.05) is 22.9 Å². The van der Waals surface area contributed by atoms with E-state index >= 15 is 0 Å². The van der Waals surface area contributed by atoms with Crippen molar-refractivity contribution in [3.05, 3.63) is 46.2 Å². The van der Waals surface area contributed by atoms with Crippen LogP contribution in [0.3, 0.4) is 0 Å². The summed E-state index contributed by atoms with van der Waals surface area (Å²) in [6.07, 6.45) is -0.720. The Bertz CT molecular complexity index is 538. The van der Waals surface area contributed by atoms with Crippen LogP contribution in [0, 0.1) is 0 Å². The lowest BCUT2D eigenvalue weighted by Crippen LogP contribution is -2.07. The van der Waals surface area contributed by atoms with Crippen LogP contribution < -0.4 is 9.47 Å². The molecular formula is C15H18O4S. The average molecular weight is 294 g/mol. The van der Waals surface area contributed by atoms with Crippen LogP contribution >= 0.6 is 11.3 Å². The molecule has 0 amide bonds. The number of rotatable bonds is 7. The van der Waals surface area contributed by atoms with E-state index in [1.54, 1.807) is 14.2 Å². The maximum Gasteiger partial charge on any atom is 0.129 e. The molecule has 0 bridgehead atoms. The Hall–Kier alpha value is -1.56. The molecular weight excluding hydrogens is 276 g/mol. The van der Waals surface area contributed by atoms with E-state index in [2.05, 4.69) is 0 Å². The lowest BCUT2D eigenvalue weighted by Gasteiger charge is -2.15. The van der Waals surface area contributed by atoms with Crippen LogP contribution in [0.1, 0.15) is 16.5 Å². The van der Waals surface area contributed by atoms with E-state index in [1.807, 2.05) is 35.7 Å². The topological polar surface area (TPSA) is 47.9 Å². The van der Waals surface area contributed by atoms with Gasteiger partial charge in [0.25, 0.3) is 0 Å². The average Bonchev–Trinajstić information content (AvgIpc) is 2.96. The summed E-state index contributed by atoms with van der Waals surface area (Å²) in [6.45, 7) is 0.964. The Kier molecular flexibility index (Phi) is 5.40. The second-order valence-electron chi connectivity index (χ2n) is 4.17. The van der Waals surface area contributed by atoms with Gasteiger partial charge in [0.05, 0.1) is 13.7 Å². The first-order valence-electron chi connectivity index (χ1n) is 6.27. The van der Waals surface area contributed by atoms with Gasteiger partial charge in [-0.3, -0.25) is 0 Å². The van der Waals surface area contributed by atoms with Crippen molar-refractivity contribution in [1.29, 1.82) is 0 Å². The summed E-state index contributed by atoms with van der Waals surface area (Å²) in [4.78, 5) is 0.824. The monoisotopic (exact) mass is 294 g/mol. The van der Waals surface area contributed by atoms with Gasteiger partial charge >= 0.3 is 0 Å². The van der Waals surface area contributed by atoms with Crippen molar-refractivity contribution < 1.29 is 19.3 Å². The van der Waals surface area contributed by atoms with Gasteiger partial charge in [0.15, 0.2) is 0 Å². The molecule has 4 nitrogen and oxygen atoms in total. The van der Waals surface area contributed by atoms with Crippen molar-refractivity contribution in [2.45, 2.75) is 6.10 Å². The summed E-state index contributed by atoms with van der Waals surface area (Å²) in [5.74, 6) is 1.42. The Labute approximate surface area is 122 Å². The zero-order valence-corrected chi connectivity index (χ0v) is 12.4. The van der Waals surface area contributed by atoms with E-state index in [1.165, 1.54) is 11.3 Å². The molecule has 0 radical (unpaired) electrons. The number of ether oxygens (including phenoxy) is 3. The summed E-state index contributed by atoms with van der Waals surface area (Å²) < 4.78 is 15.7. The maximum atomic E-state index is 10.5. The van der Waals surface area contributed by atoms with Crippen LogP contribution in [0.15, 0.2) is 35.7 Å². The molecule has 20 heavy (non-hydrogen) atoms. The quantitative estimate of drug-likeness (QED) is 0.798. The number of para-hydroxylation sites is 1. The summed E-state index contributed by atoms with van der Waals surface area (Å²) >= 11 is 1.46. The second kappa shape index (κ2) is 7.28. The summed E-state index contributed by atoms with van der Waals surface area (Å²) in [5.41, 5.74) is 0.744. The van der Waals surface area contributed by atoms with E-state index in [9.17, 15) is 5.11 Å². The molecule has 1 aromatic heterocycles. The number of methoxy groups -OCH3 is 2. The van der Waals surface area contributed by atoms with Gasteiger partial charge in [0.2, 0.25) is 0 Å². The van der Waals surface area contributed by atoms with Crippen LogP contribution in [0.5, 0.6) is 11.5 Å². The fraction of sp³-hybridized carbons (Fsp3) is 0.333. The van der Waals surface area contributed by atoms with Gasteiger partial charge in [-0.15, -0.1) is 11.3 Å². The van der Waals surface area contributed by atoms with Gasteiger partial charge in [-0.05, 0) is 12.1 Å². The van der Waals surface area contributed by atoms with Crippen molar-refractivity contribution in [1.82, 2.24) is 0 Å². The molecule has 1 atom stereocenters. The smallest absolute Gasteiger partial charge is 0.129 e. The lowest BCUT2D eigenvalue weighted by atomic mass is 10.1. The number of aliphatic hydroxyl groups excluding tert-OH is 1. The summed E-state index contributed by atoms with van der Waals surface area (Å²) in [5, 5.41) is 12.3. The largest absolute Gasteiger partial charge is 0.496 e. The predicted molar refractivity (Wildman–Crippen MR) is 78.7 cm³/mol. The first kappa shape index (κ1) is 14.8. The van der Waals surface area contributed by atoms with Gasteiger partial charge in [-0.1, -0.05) is 18.2 Å². The zero-order valence-electron chi connectivity index (χ0n) is 11.5. The molecule has 0 saturated carbocycles. The van der Waals surface area contributed by atoms with Gasteiger partial charge in [-0.2, -0.15) is 0 Å². The van der Waals surface area contributed by atoms with Crippen LogP contribution in [-0.2, 0) is 4.74 Å². The number of aliphatic hydroxyl groups is 1. The fourth-order valence-electron chi connectivity index (χ4n) is 1.81. The standard InChI is InChI=1S/C15H18O4S/c1-17-7-8-19-13-6-4-3-5-12(13)15(16)14-9-11(18-2)10-20-14/h3-6,9-10,15-16H,7-8H2,1-2H3. The third kappa shape index (κ3) is 3.50. The second-order valence-corrected chi connectivity index (χ2v) is 5.11. The molecule has 1 N–H and O–H groups in total. The van der Waals surface area contributed by atoms with Crippen molar-refractivity contribution in [2.24, 2.45) is 0 Å². The van der Waals surface area contributed by atoms with Crippen molar-refractivity contribution in [2.75, 3.05) is 27.4 Å². The van der Waals surface area contributed by atoms with Crippen molar-refractivity contribution >= 4 is 11.3 Å². The van der Waals surface area contributed by atoms with Gasteiger partial charge < -0.3 is 19.3 Å². The highest BCUT2D eigenvalue weighted by atomic mass is 32.1. The normalized spacial score (nSPS) is 12.2. The number of hydrogen-bond donors (Lipinski definition) is 1. The van der Waals surface area contributed by atoms with E-state index in [4.69, 9.17) is 14.2 Å². The molecule has 1 heterocycles. The minimum Gasteiger partial charge on any atom is -0.496 e. The molecule has 1 unspecified atom stereocenters. The number of thiophene rings is 1. The molecule has 0 fully saturated rings. The molecule has 0 aliphatic carbocycles. The maximum absolute atomic E-state index is 10.5. The third-order valence-corrected chi connectivity index (χ3v) is 3.82. The lowest BCUT2D eigenvalue weighted by molar-refractivity contribution is 0.142. The molecule has 0 saturated heterocycles. The minimum absolute atomic E-state index is 0.452. The molecule has 0 spiro atoms. The summed E-state index contributed by atoms with van der Waals surface area (Å²) in [7, 11) is 3.24. The molecule has 2 aromatic rings. The van der Waals surface area contributed by atoms with Crippen LogP contribution in [0.2, 0.25) is 0 Å². The number of hydrogen-bond acceptors (Lipinski definition) is 5. The highest BCUT2D eigenvalue weighted by Crippen LogP contribution is 2.34. The van der Waals surface area contributed by atoms with Crippen LogP contribution in [-0.4, -0.2) is 32.5 Å². The highest BCUT2D eigenvalue weighted by Gasteiger charge is 2.17. The van der Waals surface area contributed by atoms with Crippen molar-refractivity contribution in [3.8, 4) is 11.5 Å². The molecule has 2 rings (SSSR count). The first-order valence-corrected chi connectivity index (χ1v) is 7.15. The third-order valence-electron chi connectivity index (χ3n) is 2.86. The molecule has 1 aromatic carbocycles. The summed E-state index contributed by atoms with van der Waals surface area (Å²) in [6, 6.07) is 9.30. The SMILES string of the molecule is COCCOc1ccccc1C(O)c1cc(OC)cs1. The van der Waals surface area contributed by atoms with Crippen molar-refractivity contribution in [3.63, 3.8) is 0 Å². The molecule has 5 heteroatoms. The first-order chi connectivity index (χ1) is 9.76. The van der Waals surface area contributed by atoms with Crippen LogP contribution in [0.4, 0.5) is 0 Å². The Balaban J connectivity index is 2.18. The molecule has 0 aliphatic rings. The van der Waals surface area contributed by atoms with E-state index < -0.39 is 6.10 Å². The van der Waals surface area contributed by atoms with Crippen LogP contribution in [0.25, 0.3) is 0 Å². The predicted octanol–water partition coefficient (Wildman–Crippen LogP) is 2.86. The van der Waals surface area contributed by atoms with Gasteiger partial charge in [-0.25, -0.2) is 0 Å².